The van der Waals surface area contributed by atoms with Gasteiger partial charge in [0.2, 0.25) is 5.91 Å². The Morgan fingerprint density at radius 3 is 2.54 bits per heavy atom. The zero-order valence-electron chi connectivity index (χ0n) is 13.4. The van der Waals surface area contributed by atoms with Crippen LogP contribution in [0.1, 0.15) is 51.9 Å². The normalized spacial score (nSPS) is 25.4. The smallest absolute Gasteiger partial charge is 0.330 e. The molecular formula is C16H20F3N3O2. The van der Waals surface area contributed by atoms with Crippen LogP contribution >= 0.6 is 0 Å². The molecule has 0 aromatic carbocycles. The second-order valence-electron chi connectivity index (χ2n) is 6.40. The molecule has 5 nitrogen and oxygen atoms in total. The number of halogens is 3. The van der Waals surface area contributed by atoms with Crippen LogP contribution in [0.2, 0.25) is 0 Å². The molecule has 0 aromatic rings. The van der Waals surface area contributed by atoms with Gasteiger partial charge in [-0.3, -0.25) is 9.59 Å². The number of nitrogens with one attached hydrogen (secondary N) is 2. The van der Waals surface area contributed by atoms with Gasteiger partial charge in [-0.25, -0.2) is 0 Å². The summed E-state index contributed by atoms with van der Waals surface area (Å²) in [5.74, 6) is -1.97. The third kappa shape index (κ3) is 3.25. The minimum atomic E-state index is -5.10. The van der Waals surface area contributed by atoms with Gasteiger partial charge < -0.3 is 10.6 Å². The maximum Gasteiger partial charge on any atom is 0.425 e. The standard InChI is InChI=1S/C16H20F3N3O2/c1-10-12(9-20)15(14(24)21-10,16(17,18)19)22-13(23)8-7-11-5-3-2-4-6-11/h11H,2-8H2,1H3,(H,21,24)(H,22,23)/t15-/m0/s1. The Kier molecular flexibility index (Phi) is 5.21. The van der Waals surface area contributed by atoms with Crippen molar-refractivity contribution in [3.8, 4) is 6.07 Å². The molecule has 1 atom stereocenters. The molecular weight excluding hydrogens is 323 g/mol. The first-order valence-corrected chi connectivity index (χ1v) is 8.03. The fraction of sp³-hybridized carbons (Fsp3) is 0.688. The van der Waals surface area contributed by atoms with Gasteiger partial charge in [0.05, 0.1) is 11.6 Å². The predicted molar refractivity (Wildman–Crippen MR) is 79.2 cm³/mol. The highest BCUT2D eigenvalue weighted by Crippen LogP contribution is 2.40. The Bertz CT molecular complexity index is 601. The van der Waals surface area contributed by atoms with Gasteiger partial charge in [-0.1, -0.05) is 32.1 Å². The first-order chi connectivity index (χ1) is 11.2. The lowest BCUT2D eigenvalue weighted by atomic mass is 9.85. The van der Waals surface area contributed by atoms with Crippen molar-refractivity contribution in [1.29, 1.82) is 5.26 Å². The van der Waals surface area contributed by atoms with Crippen molar-refractivity contribution in [3.63, 3.8) is 0 Å². The summed E-state index contributed by atoms with van der Waals surface area (Å²) >= 11 is 0. The van der Waals surface area contributed by atoms with Crippen molar-refractivity contribution in [2.45, 2.75) is 63.6 Å². The Morgan fingerprint density at radius 2 is 2.00 bits per heavy atom. The molecule has 2 aliphatic rings. The Labute approximate surface area is 138 Å². The van der Waals surface area contributed by atoms with Crippen molar-refractivity contribution in [1.82, 2.24) is 10.6 Å². The minimum Gasteiger partial charge on any atom is -0.330 e. The molecule has 1 saturated carbocycles. The summed E-state index contributed by atoms with van der Waals surface area (Å²) in [6, 6.07) is 1.41. The first kappa shape index (κ1) is 18.3. The molecule has 1 heterocycles. The van der Waals surface area contributed by atoms with Gasteiger partial charge in [0.15, 0.2) is 0 Å². The summed E-state index contributed by atoms with van der Waals surface area (Å²) in [6.45, 7) is 1.21. The number of carbonyl (C=O) groups is 2. The predicted octanol–water partition coefficient (Wildman–Crippen LogP) is 2.69. The van der Waals surface area contributed by atoms with E-state index in [1.54, 1.807) is 5.32 Å². The lowest BCUT2D eigenvalue weighted by molar-refractivity contribution is -0.189. The molecule has 1 aliphatic carbocycles. The lowest BCUT2D eigenvalue weighted by Crippen LogP contribution is -2.64. The summed E-state index contributed by atoms with van der Waals surface area (Å²) < 4.78 is 40.7. The van der Waals surface area contributed by atoms with Crippen LogP contribution in [0.4, 0.5) is 13.2 Å². The van der Waals surface area contributed by atoms with E-state index in [2.05, 4.69) is 0 Å². The largest absolute Gasteiger partial charge is 0.425 e. The van der Waals surface area contributed by atoms with E-state index in [-0.39, 0.29) is 12.1 Å². The summed E-state index contributed by atoms with van der Waals surface area (Å²) in [4.78, 5) is 24.0. The fourth-order valence-corrected chi connectivity index (χ4v) is 3.43. The number of nitrogens with zero attached hydrogens (tertiary/aromatic N) is 1. The van der Waals surface area contributed by atoms with E-state index in [9.17, 15) is 22.8 Å². The molecule has 8 heteroatoms. The molecule has 24 heavy (non-hydrogen) atoms. The Hall–Kier alpha value is -2.04. The van der Waals surface area contributed by atoms with Crippen molar-refractivity contribution < 1.29 is 22.8 Å². The van der Waals surface area contributed by atoms with Gasteiger partial charge in [0.25, 0.3) is 11.4 Å². The van der Waals surface area contributed by atoms with Gasteiger partial charge in [0.1, 0.15) is 0 Å². The van der Waals surface area contributed by atoms with Crippen molar-refractivity contribution in [2.24, 2.45) is 5.92 Å². The van der Waals surface area contributed by atoms with Crippen molar-refractivity contribution in [3.05, 3.63) is 11.3 Å². The van der Waals surface area contributed by atoms with E-state index < -0.39 is 29.1 Å². The van der Waals surface area contributed by atoms with Gasteiger partial charge in [0, 0.05) is 12.1 Å². The quantitative estimate of drug-likeness (QED) is 0.823. The fourth-order valence-electron chi connectivity index (χ4n) is 3.43. The molecule has 0 saturated heterocycles. The molecule has 0 aromatic heterocycles. The van der Waals surface area contributed by atoms with Gasteiger partial charge in [-0.15, -0.1) is 0 Å². The van der Waals surface area contributed by atoms with Gasteiger partial charge >= 0.3 is 6.18 Å². The van der Waals surface area contributed by atoms with Crippen LogP contribution in [-0.2, 0) is 9.59 Å². The average Bonchev–Trinajstić information content (AvgIpc) is 2.76. The number of alkyl halides is 3. The van der Waals surface area contributed by atoms with Crippen LogP contribution in [0.25, 0.3) is 0 Å². The number of rotatable bonds is 4. The highest BCUT2D eigenvalue weighted by Gasteiger charge is 2.67. The second kappa shape index (κ2) is 6.83. The maximum atomic E-state index is 13.6. The molecule has 1 fully saturated rings. The molecule has 0 unspecified atom stereocenters. The minimum absolute atomic E-state index is 0.0897. The highest BCUT2D eigenvalue weighted by molar-refractivity contribution is 6.00. The van der Waals surface area contributed by atoms with E-state index in [1.165, 1.54) is 13.0 Å². The number of hydrogen-bond acceptors (Lipinski definition) is 3. The zero-order valence-corrected chi connectivity index (χ0v) is 13.4. The molecule has 132 valence electrons. The molecule has 2 N–H and O–H groups in total. The summed E-state index contributed by atoms with van der Waals surface area (Å²) in [7, 11) is 0. The van der Waals surface area contributed by atoms with E-state index in [1.807, 2.05) is 5.32 Å². The van der Waals surface area contributed by atoms with E-state index in [4.69, 9.17) is 5.26 Å². The molecule has 2 rings (SSSR count). The molecule has 0 spiro atoms. The topological polar surface area (TPSA) is 82.0 Å². The van der Waals surface area contributed by atoms with Crippen LogP contribution in [0, 0.1) is 17.2 Å². The van der Waals surface area contributed by atoms with Gasteiger partial charge in [-0.2, -0.15) is 18.4 Å². The van der Waals surface area contributed by atoms with Crippen molar-refractivity contribution >= 4 is 11.8 Å². The Balaban J connectivity index is 2.14. The number of allylic oxidation sites excluding steroid dienone is 1. The van der Waals surface area contributed by atoms with Gasteiger partial charge in [-0.05, 0) is 19.3 Å². The maximum absolute atomic E-state index is 13.6. The number of hydrogen-bond donors (Lipinski definition) is 2. The summed E-state index contributed by atoms with van der Waals surface area (Å²) in [6.07, 6.45) is 0.542. The highest BCUT2D eigenvalue weighted by atomic mass is 19.4. The number of carbonyl (C=O) groups excluding carboxylic acids is 2. The van der Waals surface area contributed by atoms with Crippen LogP contribution in [-0.4, -0.2) is 23.5 Å². The van der Waals surface area contributed by atoms with Crippen LogP contribution in [0.15, 0.2) is 11.3 Å². The van der Waals surface area contributed by atoms with Crippen molar-refractivity contribution in [2.75, 3.05) is 0 Å². The molecule has 2 amide bonds. The third-order valence-electron chi connectivity index (χ3n) is 4.76. The van der Waals surface area contributed by atoms with Crippen LogP contribution in [0.5, 0.6) is 0 Å². The van der Waals surface area contributed by atoms with Crippen LogP contribution in [0.3, 0.4) is 0 Å². The monoisotopic (exact) mass is 343 g/mol. The number of amides is 2. The zero-order chi connectivity index (χ0) is 18.0. The van der Waals surface area contributed by atoms with E-state index >= 15 is 0 Å². The Morgan fingerprint density at radius 1 is 1.38 bits per heavy atom. The lowest BCUT2D eigenvalue weighted by Gasteiger charge is -2.30. The van der Waals surface area contributed by atoms with E-state index in [0.717, 1.165) is 32.1 Å². The molecule has 0 bridgehead atoms. The number of nitriles is 1. The third-order valence-corrected chi connectivity index (χ3v) is 4.76. The molecule has 1 aliphatic heterocycles. The second-order valence-corrected chi connectivity index (χ2v) is 6.40. The first-order valence-electron chi connectivity index (χ1n) is 8.03. The van der Waals surface area contributed by atoms with E-state index in [0.29, 0.717) is 12.3 Å². The SMILES string of the molecule is CC1=C(C#N)[C@@](NC(=O)CCC2CCCCC2)(C(F)(F)F)C(=O)N1. The summed E-state index contributed by atoms with van der Waals surface area (Å²) in [5, 5.41) is 12.9. The summed E-state index contributed by atoms with van der Waals surface area (Å²) in [5.41, 5.74) is -4.27. The molecule has 0 radical (unpaired) electrons. The average molecular weight is 343 g/mol. The van der Waals surface area contributed by atoms with Crippen LogP contribution < -0.4 is 10.6 Å².